The number of hydrogen-bond acceptors (Lipinski definition) is 6. The van der Waals surface area contributed by atoms with Gasteiger partial charge in [-0.05, 0) is 32.8 Å². The van der Waals surface area contributed by atoms with Gasteiger partial charge in [-0.3, -0.25) is 4.79 Å². The Morgan fingerprint density at radius 1 is 1.27 bits per heavy atom. The number of alkyl carbamates (subject to hydrolysis) is 1. The van der Waals surface area contributed by atoms with E-state index >= 15 is 0 Å². The van der Waals surface area contributed by atoms with Crippen LogP contribution in [0.3, 0.4) is 0 Å². The molecule has 2 N–H and O–H groups in total. The van der Waals surface area contributed by atoms with Crippen molar-refractivity contribution in [1.82, 2.24) is 20.3 Å². The van der Waals surface area contributed by atoms with Gasteiger partial charge in [-0.1, -0.05) is 13.8 Å². The number of ether oxygens (including phenoxy) is 1. The van der Waals surface area contributed by atoms with Gasteiger partial charge in [0.1, 0.15) is 10.5 Å². The van der Waals surface area contributed by atoms with E-state index in [1.165, 1.54) is 6.07 Å². The largest absolute Gasteiger partial charge is 0.438 e. The van der Waals surface area contributed by atoms with Crippen molar-refractivity contribution < 1.29 is 18.3 Å². The van der Waals surface area contributed by atoms with E-state index in [-0.39, 0.29) is 22.0 Å². The van der Waals surface area contributed by atoms with E-state index in [9.17, 15) is 18.4 Å². The van der Waals surface area contributed by atoms with Gasteiger partial charge in [-0.15, -0.1) is 11.3 Å². The number of carbonyl (C=O) groups is 1. The van der Waals surface area contributed by atoms with Crippen LogP contribution in [0.5, 0.6) is 0 Å². The molecule has 0 spiro atoms. The minimum atomic E-state index is -0.829. The smallest absolute Gasteiger partial charge is 0.408 e. The highest BCUT2D eigenvalue weighted by Gasteiger charge is 2.26. The molecule has 3 aromatic rings. The molecule has 10 heteroatoms. The second kappa shape index (κ2) is 8.10. The number of carbonyl (C=O) groups excluding carboxylic acids is 1. The first kappa shape index (κ1) is 21.8. The van der Waals surface area contributed by atoms with Crippen LogP contribution in [0.2, 0.25) is 0 Å². The van der Waals surface area contributed by atoms with E-state index in [1.54, 1.807) is 0 Å². The molecular formula is C20H22F2N4O3S. The number of hydrogen-bond donors (Lipinski definition) is 2. The fourth-order valence-corrected chi connectivity index (χ4v) is 3.80. The summed E-state index contributed by atoms with van der Waals surface area (Å²) in [5.41, 5.74) is -0.648. The van der Waals surface area contributed by atoms with E-state index in [4.69, 9.17) is 4.74 Å². The molecule has 1 atom stereocenters. The molecule has 0 saturated heterocycles. The fourth-order valence-electron chi connectivity index (χ4n) is 2.79. The van der Waals surface area contributed by atoms with E-state index in [2.05, 4.69) is 20.3 Å². The topological polar surface area (TPSA) is 97.0 Å². The van der Waals surface area contributed by atoms with Crippen molar-refractivity contribution in [3.8, 4) is 10.4 Å². The Labute approximate surface area is 175 Å². The second-order valence-corrected chi connectivity index (χ2v) is 9.26. The molecule has 0 radical (unpaired) electrons. The Morgan fingerprint density at radius 2 is 1.97 bits per heavy atom. The average Bonchev–Trinajstić information content (AvgIpc) is 3.04. The van der Waals surface area contributed by atoms with E-state index in [1.807, 2.05) is 34.6 Å². The zero-order valence-corrected chi connectivity index (χ0v) is 18.0. The summed E-state index contributed by atoms with van der Waals surface area (Å²) >= 11 is 0.990. The van der Waals surface area contributed by atoms with Crippen LogP contribution >= 0.6 is 11.3 Å². The minimum Gasteiger partial charge on any atom is -0.438 e. The summed E-state index contributed by atoms with van der Waals surface area (Å²) in [6.45, 7) is 9.11. The zero-order chi connectivity index (χ0) is 22.2. The Hall–Kier alpha value is -2.88. The normalized spacial score (nSPS) is 12.9. The molecule has 3 rings (SSSR count). The van der Waals surface area contributed by atoms with Crippen LogP contribution in [-0.2, 0) is 4.74 Å². The number of aromatic amines is 1. The van der Waals surface area contributed by atoms with Gasteiger partial charge >= 0.3 is 6.09 Å². The van der Waals surface area contributed by atoms with Crippen molar-refractivity contribution in [1.29, 1.82) is 0 Å². The average molecular weight is 436 g/mol. The molecule has 0 aromatic carbocycles. The SMILES string of the molecule is CC(C)[C@H](OC(=O)NC(C)(C)C)c1nc2cc(-c3cc(F)ncc3F)sc2c(=O)[nH]1. The van der Waals surface area contributed by atoms with Crippen molar-refractivity contribution in [2.45, 2.75) is 46.3 Å². The third kappa shape index (κ3) is 4.81. The number of aromatic nitrogens is 3. The van der Waals surface area contributed by atoms with Crippen molar-refractivity contribution in [3.63, 3.8) is 0 Å². The maximum atomic E-state index is 14.1. The minimum absolute atomic E-state index is 0.00679. The van der Waals surface area contributed by atoms with E-state index in [0.29, 0.717) is 10.4 Å². The summed E-state index contributed by atoms with van der Waals surface area (Å²) < 4.78 is 33.3. The molecule has 0 fully saturated rings. The summed E-state index contributed by atoms with van der Waals surface area (Å²) in [7, 11) is 0. The molecule has 0 bridgehead atoms. The molecule has 3 heterocycles. The number of fused-ring (bicyclic) bond motifs is 1. The lowest BCUT2D eigenvalue weighted by atomic mass is 10.1. The maximum Gasteiger partial charge on any atom is 0.408 e. The lowest BCUT2D eigenvalue weighted by molar-refractivity contribution is 0.0604. The molecule has 0 aliphatic rings. The monoisotopic (exact) mass is 436 g/mol. The predicted octanol–water partition coefficient (Wildman–Crippen LogP) is 4.55. The lowest BCUT2D eigenvalue weighted by Gasteiger charge is -2.25. The Kier molecular flexibility index (Phi) is 5.89. The molecular weight excluding hydrogens is 414 g/mol. The first-order chi connectivity index (χ1) is 13.9. The van der Waals surface area contributed by atoms with Gasteiger partial charge in [0.25, 0.3) is 5.56 Å². The van der Waals surface area contributed by atoms with Crippen LogP contribution < -0.4 is 10.9 Å². The van der Waals surface area contributed by atoms with Crippen molar-refractivity contribution in [2.24, 2.45) is 5.92 Å². The number of nitrogens with zero attached hydrogens (tertiary/aromatic N) is 2. The molecule has 0 unspecified atom stereocenters. The molecule has 160 valence electrons. The summed E-state index contributed by atoms with van der Waals surface area (Å²) in [6, 6.07) is 2.47. The summed E-state index contributed by atoms with van der Waals surface area (Å²) in [5.74, 6) is -1.54. The highest BCUT2D eigenvalue weighted by atomic mass is 32.1. The van der Waals surface area contributed by atoms with Gasteiger partial charge in [0.05, 0.1) is 11.7 Å². The molecule has 30 heavy (non-hydrogen) atoms. The Balaban J connectivity index is 2.01. The third-order valence-electron chi connectivity index (χ3n) is 4.07. The predicted molar refractivity (Wildman–Crippen MR) is 110 cm³/mol. The number of nitrogens with one attached hydrogen (secondary N) is 2. The zero-order valence-electron chi connectivity index (χ0n) is 17.2. The summed E-state index contributed by atoms with van der Waals surface area (Å²) in [5, 5.41) is 2.70. The van der Waals surface area contributed by atoms with E-state index < -0.39 is 35.1 Å². The standard InChI is InChI=1S/C20H22F2N4O3S/c1-9(2)15(29-19(28)26-20(3,4)5)17-24-12-7-13(30-16(12)18(27)25-17)10-6-14(22)23-8-11(10)21/h6-9,15H,1-5H3,(H,26,28)(H,24,25,27)/t15-/m0/s1. The van der Waals surface area contributed by atoms with Gasteiger partial charge in [0.15, 0.2) is 11.9 Å². The molecule has 7 nitrogen and oxygen atoms in total. The van der Waals surface area contributed by atoms with E-state index in [0.717, 1.165) is 23.6 Å². The fraction of sp³-hybridized carbons (Fsp3) is 0.400. The van der Waals surface area contributed by atoms with Gasteiger partial charge in [0.2, 0.25) is 5.95 Å². The quantitative estimate of drug-likeness (QED) is 0.585. The number of pyridine rings is 1. The Morgan fingerprint density at radius 3 is 2.60 bits per heavy atom. The van der Waals surface area contributed by atoms with Crippen LogP contribution in [0.15, 0.2) is 23.1 Å². The first-order valence-corrected chi connectivity index (χ1v) is 10.1. The van der Waals surface area contributed by atoms with Gasteiger partial charge in [-0.25, -0.2) is 19.2 Å². The highest BCUT2D eigenvalue weighted by Crippen LogP contribution is 2.33. The second-order valence-electron chi connectivity index (χ2n) is 8.21. The number of amides is 1. The molecule has 0 aliphatic carbocycles. The van der Waals surface area contributed by atoms with Crippen LogP contribution in [0.1, 0.15) is 46.5 Å². The van der Waals surface area contributed by atoms with Crippen LogP contribution in [0.4, 0.5) is 13.6 Å². The molecule has 0 saturated carbocycles. The number of H-pyrrole nitrogens is 1. The summed E-state index contributed by atoms with van der Waals surface area (Å²) in [4.78, 5) is 35.5. The van der Waals surface area contributed by atoms with Crippen LogP contribution in [0.25, 0.3) is 20.7 Å². The third-order valence-corrected chi connectivity index (χ3v) is 5.23. The van der Waals surface area contributed by atoms with Crippen molar-refractivity contribution in [2.75, 3.05) is 0 Å². The maximum absolute atomic E-state index is 14.1. The molecule has 3 aromatic heterocycles. The van der Waals surface area contributed by atoms with Gasteiger partial charge in [0, 0.05) is 22.0 Å². The number of halogens is 2. The van der Waals surface area contributed by atoms with Gasteiger partial charge < -0.3 is 15.0 Å². The summed E-state index contributed by atoms with van der Waals surface area (Å²) in [6.07, 6.45) is -0.651. The lowest BCUT2D eigenvalue weighted by Crippen LogP contribution is -2.42. The van der Waals surface area contributed by atoms with Crippen molar-refractivity contribution in [3.05, 3.63) is 46.3 Å². The van der Waals surface area contributed by atoms with Crippen LogP contribution in [-0.4, -0.2) is 26.6 Å². The number of rotatable bonds is 4. The molecule has 0 aliphatic heterocycles. The number of thiophene rings is 1. The molecule has 1 amide bonds. The highest BCUT2D eigenvalue weighted by molar-refractivity contribution is 7.22. The Bertz CT molecular complexity index is 1150. The van der Waals surface area contributed by atoms with Crippen molar-refractivity contribution >= 4 is 27.6 Å². The van der Waals surface area contributed by atoms with Gasteiger partial charge in [-0.2, -0.15) is 4.39 Å². The van der Waals surface area contributed by atoms with Crippen LogP contribution in [0, 0.1) is 17.7 Å². The first-order valence-electron chi connectivity index (χ1n) is 9.28.